The van der Waals surface area contributed by atoms with Crippen molar-refractivity contribution >= 4 is 0 Å². The Labute approximate surface area is 71.2 Å². The highest BCUT2D eigenvalue weighted by Gasteiger charge is 1.99. The molecule has 4 nitrogen and oxygen atoms in total. The van der Waals surface area contributed by atoms with E-state index in [1.807, 2.05) is 13.8 Å². The van der Waals surface area contributed by atoms with Crippen LogP contribution in [0.15, 0.2) is 12.4 Å². The maximum Gasteiger partial charge on any atom is 0.232 e. The molecule has 0 aromatic carbocycles. The lowest BCUT2D eigenvalue weighted by atomic mass is 10.5. The summed E-state index contributed by atoms with van der Waals surface area (Å²) < 4.78 is 5.26. The van der Waals surface area contributed by atoms with Gasteiger partial charge in [-0.25, -0.2) is 4.98 Å². The van der Waals surface area contributed by atoms with Gasteiger partial charge in [0.25, 0.3) is 0 Å². The van der Waals surface area contributed by atoms with E-state index in [4.69, 9.17) is 9.84 Å². The van der Waals surface area contributed by atoms with E-state index in [2.05, 4.69) is 9.97 Å². The van der Waals surface area contributed by atoms with E-state index >= 15 is 0 Å². The number of hydrogen-bond donors (Lipinski definition) is 1. The van der Waals surface area contributed by atoms with Gasteiger partial charge in [-0.05, 0) is 13.8 Å². The van der Waals surface area contributed by atoms with Crippen LogP contribution < -0.4 is 4.74 Å². The van der Waals surface area contributed by atoms with Crippen LogP contribution in [0.4, 0.5) is 0 Å². The van der Waals surface area contributed by atoms with E-state index in [9.17, 15) is 0 Å². The molecule has 0 fully saturated rings. The van der Waals surface area contributed by atoms with Crippen LogP contribution in [-0.4, -0.2) is 21.2 Å². The smallest absolute Gasteiger partial charge is 0.232 e. The molecule has 0 saturated heterocycles. The van der Waals surface area contributed by atoms with Crippen molar-refractivity contribution in [2.45, 2.75) is 26.6 Å². The highest BCUT2D eigenvalue weighted by atomic mass is 16.5. The van der Waals surface area contributed by atoms with Gasteiger partial charge in [-0.1, -0.05) is 0 Å². The van der Waals surface area contributed by atoms with Gasteiger partial charge in [-0.15, -0.1) is 0 Å². The summed E-state index contributed by atoms with van der Waals surface area (Å²) in [5.74, 6) is 0.488. The Bertz CT molecular complexity index is 233. The molecule has 0 radical (unpaired) electrons. The maximum absolute atomic E-state index is 8.67. The molecule has 1 aromatic rings. The summed E-state index contributed by atoms with van der Waals surface area (Å²) in [4.78, 5) is 7.86. The van der Waals surface area contributed by atoms with Crippen LogP contribution in [0.3, 0.4) is 0 Å². The predicted molar refractivity (Wildman–Crippen MR) is 43.7 cm³/mol. The first kappa shape index (κ1) is 8.93. The minimum absolute atomic E-state index is 0.0883. The van der Waals surface area contributed by atoms with Gasteiger partial charge in [0.15, 0.2) is 0 Å². The van der Waals surface area contributed by atoms with Crippen molar-refractivity contribution in [3.63, 3.8) is 0 Å². The highest BCUT2D eigenvalue weighted by molar-refractivity contribution is 5.06. The molecule has 0 amide bonds. The van der Waals surface area contributed by atoms with E-state index in [1.165, 1.54) is 12.4 Å². The lowest BCUT2D eigenvalue weighted by Gasteiger charge is -2.07. The number of hydrogen-bond acceptors (Lipinski definition) is 4. The normalized spacial score (nSPS) is 10.3. The Morgan fingerprint density at radius 1 is 1.42 bits per heavy atom. The molecule has 66 valence electrons. The summed E-state index contributed by atoms with van der Waals surface area (Å²) in [5.41, 5.74) is 0.547. The van der Waals surface area contributed by atoms with E-state index in [-0.39, 0.29) is 12.7 Å². The van der Waals surface area contributed by atoms with Crippen molar-refractivity contribution < 1.29 is 9.84 Å². The molecule has 12 heavy (non-hydrogen) atoms. The van der Waals surface area contributed by atoms with E-state index < -0.39 is 0 Å². The van der Waals surface area contributed by atoms with Crippen LogP contribution in [0.1, 0.15) is 19.5 Å². The minimum atomic E-state index is -0.0883. The standard InChI is InChI=1S/C8H12N2O2/c1-6(2)12-8-4-9-7(5-11)3-10-8/h3-4,6,11H,5H2,1-2H3. The maximum atomic E-state index is 8.67. The summed E-state index contributed by atoms with van der Waals surface area (Å²) in [7, 11) is 0. The molecule has 1 heterocycles. The van der Waals surface area contributed by atoms with Crippen molar-refractivity contribution in [2.24, 2.45) is 0 Å². The van der Waals surface area contributed by atoms with E-state index in [0.29, 0.717) is 11.6 Å². The fourth-order valence-corrected chi connectivity index (χ4v) is 0.727. The zero-order valence-corrected chi connectivity index (χ0v) is 7.19. The van der Waals surface area contributed by atoms with Crippen molar-refractivity contribution in [3.8, 4) is 5.88 Å². The third kappa shape index (κ3) is 2.47. The van der Waals surface area contributed by atoms with Gasteiger partial charge >= 0.3 is 0 Å². The Morgan fingerprint density at radius 2 is 2.17 bits per heavy atom. The highest BCUT2D eigenvalue weighted by Crippen LogP contribution is 2.05. The van der Waals surface area contributed by atoms with Crippen LogP contribution in [0, 0.1) is 0 Å². The van der Waals surface area contributed by atoms with Crippen LogP contribution in [0.2, 0.25) is 0 Å². The van der Waals surface area contributed by atoms with E-state index in [0.717, 1.165) is 0 Å². The van der Waals surface area contributed by atoms with Crippen LogP contribution in [0.25, 0.3) is 0 Å². The predicted octanol–water partition coefficient (Wildman–Crippen LogP) is 0.756. The first-order valence-electron chi connectivity index (χ1n) is 3.81. The lowest BCUT2D eigenvalue weighted by Crippen LogP contribution is -2.07. The summed E-state index contributed by atoms with van der Waals surface area (Å²) in [5, 5.41) is 8.67. The molecular formula is C8H12N2O2. The molecule has 0 aliphatic heterocycles. The molecule has 0 saturated carbocycles. The quantitative estimate of drug-likeness (QED) is 0.723. The van der Waals surface area contributed by atoms with Crippen LogP contribution in [0.5, 0.6) is 5.88 Å². The number of aliphatic hydroxyl groups is 1. The van der Waals surface area contributed by atoms with Crippen molar-refractivity contribution in [3.05, 3.63) is 18.1 Å². The minimum Gasteiger partial charge on any atom is -0.474 e. The topological polar surface area (TPSA) is 55.2 Å². The van der Waals surface area contributed by atoms with Crippen LogP contribution in [-0.2, 0) is 6.61 Å². The van der Waals surface area contributed by atoms with Crippen molar-refractivity contribution in [1.82, 2.24) is 9.97 Å². The van der Waals surface area contributed by atoms with Gasteiger partial charge in [0.2, 0.25) is 5.88 Å². The molecule has 0 unspecified atom stereocenters. The SMILES string of the molecule is CC(C)Oc1cnc(CO)cn1. The summed E-state index contributed by atoms with van der Waals surface area (Å²) in [6.45, 7) is 3.75. The third-order valence-electron chi connectivity index (χ3n) is 1.20. The Morgan fingerprint density at radius 3 is 2.58 bits per heavy atom. The number of aliphatic hydroxyl groups excluding tert-OH is 1. The lowest BCUT2D eigenvalue weighted by molar-refractivity contribution is 0.230. The average molecular weight is 168 g/mol. The fraction of sp³-hybridized carbons (Fsp3) is 0.500. The van der Waals surface area contributed by atoms with Gasteiger partial charge in [0, 0.05) is 0 Å². The summed E-state index contributed by atoms with van der Waals surface area (Å²) in [6.07, 6.45) is 3.10. The number of nitrogens with zero attached hydrogens (tertiary/aromatic N) is 2. The summed E-state index contributed by atoms with van der Waals surface area (Å²) >= 11 is 0. The third-order valence-corrected chi connectivity index (χ3v) is 1.20. The monoisotopic (exact) mass is 168 g/mol. The second-order valence-electron chi connectivity index (χ2n) is 2.67. The van der Waals surface area contributed by atoms with Gasteiger partial charge in [0.1, 0.15) is 0 Å². The van der Waals surface area contributed by atoms with Gasteiger partial charge in [0.05, 0.1) is 30.8 Å². The molecule has 1 aromatic heterocycles. The van der Waals surface area contributed by atoms with Crippen molar-refractivity contribution in [2.75, 3.05) is 0 Å². The zero-order valence-electron chi connectivity index (χ0n) is 7.19. The first-order valence-corrected chi connectivity index (χ1v) is 3.81. The fourth-order valence-electron chi connectivity index (χ4n) is 0.727. The summed E-state index contributed by atoms with van der Waals surface area (Å²) in [6, 6.07) is 0. The number of aromatic nitrogens is 2. The molecule has 4 heteroatoms. The zero-order chi connectivity index (χ0) is 8.97. The van der Waals surface area contributed by atoms with Crippen LogP contribution >= 0.6 is 0 Å². The largest absolute Gasteiger partial charge is 0.474 e. The van der Waals surface area contributed by atoms with Gasteiger partial charge in [-0.2, -0.15) is 0 Å². The molecular weight excluding hydrogens is 156 g/mol. The molecule has 1 N–H and O–H groups in total. The van der Waals surface area contributed by atoms with Crippen molar-refractivity contribution in [1.29, 1.82) is 0 Å². The molecule has 0 atom stereocenters. The number of ether oxygens (including phenoxy) is 1. The number of rotatable bonds is 3. The second-order valence-corrected chi connectivity index (χ2v) is 2.67. The molecule has 0 bridgehead atoms. The average Bonchev–Trinajstić information content (AvgIpc) is 2.05. The Balaban J connectivity index is 2.65. The second kappa shape index (κ2) is 4.01. The Hall–Kier alpha value is -1.16. The molecule has 1 rings (SSSR count). The van der Waals surface area contributed by atoms with E-state index in [1.54, 1.807) is 0 Å². The Kier molecular flexibility index (Phi) is 2.99. The molecule has 0 aliphatic carbocycles. The molecule has 0 aliphatic rings. The van der Waals surface area contributed by atoms with Gasteiger partial charge in [-0.3, -0.25) is 4.98 Å². The first-order chi connectivity index (χ1) is 5.72. The molecule has 0 spiro atoms. The van der Waals surface area contributed by atoms with Gasteiger partial charge < -0.3 is 9.84 Å².